The molecule has 0 amide bonds. The summed E-state index contributed by atoms with van der Waals surface area (Å²) in [6.07, 6.45) is -2.63. The van der Waals surface area contributed by atoms with Gasteiger partial charge in [-0.2, -0.15) is 0 Å². The van der Waals surface area contributed by atoms with E-state index in [0.717, 1.165) is 0 Å². The number of carbonyl (C=O) groups is 1. The molecule has 0 bridgehead atoms. The van der Waals surface area contributed by atoms with Crippen LogP contribution >= 0.6 is 15.9 Å². The Hall–Kier alpha value is -0.970. The fourth-order valence-electron chi connectivity index (χ4n) is 1.06. The van der Waals surface area contributed by atoms with Gasteiger partial charge in [-0.25, -0.2) is 8.78 Å². The maximum atomic E-state index is 12.4. The van der Waals surface area contributed by atoms with E-state index in [1.165, 1.54) is 19.1 Å². The second-order valence-electron chi connectivity index (χ2n) is 2.82. The molecule has 1 aromatic rings. The van der Waals surface area contributed by atoms with Crippen LogP contribution in [0, 0.1) is 0 Å². The molecular weight excluding hydrogens is 256 g/mol. The molecule has 14 heavy (non-hydrogen) atoms. The molecular formula is C9H8BrF2NO. The lowest BCUT2D eigenvalue weighted by atomic mass is 10.1. The fraction of sp³-hybridized carbons (Fsp3) is 0.222. The summed E-state index contributed by atoms with van der Waals surface area (Å²) in [5, 5.41) is 0. The Kier molecular flexibility index (Phi) is 3.21. The number of benzene rings is 1. The predicted molar refractivity (Wildman–Crippen MR) is 53.5 cm³/mol. The maximum absolute atomic E-state index is 12.4. The van der Waals surface area contributed by atoms with Crippen LogP contribution in [0.5, 0.6) is 0 Å². The van der Waals surface area contributed by atoms with E-state index in [-0.39, 0.29) is 17.0 Å². The van der Waals surface area contributed by atoms with Gasteiger partial charge in [-0.15, -0.1) is 0 Å². The van der Waals surface area contributed by atoms with Crippen molar-refractivity contribution in [2.75, 3.05) is 5.73 Å². The van der Waals surface area contributed by atoms with E-state index in [1.54, 1.807) is 0 Å². The third kappa shape index (κ3) is 2.09. The molecule has 0 aliphatic heterocycles. The zero-order valence-electron chi connectivity index (χ0n) is 7.35. The summed E-state index contributed by atoms with van der Waals surface area (Å²) < 4.78 is 25.1. The monoisotopic (exact) mass is 263 g/mol. The van der Waals surface area contributed by atoms with Gasteiger partial charge in [0, 0.05) is 21.3 Å². The van der Waals surface area contributed by atoms with E-state index in [4.69, 9.17) is 5.73 Å². The van der Waals surface area contributed by atoms with Crippen molar-refractivity contribution >= 4 is 27.4 Å². The number of Topliss-reactive ketones (excluding diaryl/α,β-unsaturated/α-hetero) is 1. The molecule has 0 aliphatic rings. The van der Waals surface area contributed by atoms with E-state index in [0.29, 0.717) is 10.0 Å². The van der Waals surface area contributed by atoms with Crippen molar-refractivity contribution in [3.63, 3.8) is 0 Å². The number of rotatable bonds is 2. The summed E-state index contributed by atoms with van der Waals surface area (Å²) in [5.41, 5.74) is 5.36. The number of anilines is 1. The largest absolute Gasteiger partial charge is 0.398 e. The molecule has 0 spiro atoms. The molecule has 0 heterocycles. The number of alkyl halides is 2. The van der Waals surface area contributed by atoms with Gasteiger partial charge in [-0.05, 0) is 19.1 Å². The van der Waals surface area contributed by atoms with Crippen LogP contribution < -0.4 is 5.73 Å². The molecule has 76 valence electrons. The summed E-state index contributed by atoms with van der Waals surface area (Å²) >= 11 is 3.04. The second-order valence-corrected chi connectivity index (χ2v) is 3.67. The average molecular weight is 264 g/mol. The molecule has 0 atom stereocenters. The minimum atomic E-state index is -2.63. The van der Waals surface area contributed by atoms with Gasteiger partial charge in [0.05, 0.1) is 0 Å². The molecule has 0 radical (unpaired) electrons. The highest BCUT2D eigenvalue weighted by atomic mass is 79.9. The molecule has 2 nitrogen and oxygen atoms in total. The van der Waals surface area contributed by atoms with E-state index < -0.39 is 6.43 Å². The van der Waals surface area contributed by atoms with Crippen LogP contribution in [0.3, 0.4) is 0 Å². The van der Waals surface area contributed by atoms with Crippen molar-refractivity contribution in [1.29, 1.82) is 0 Å². The molecule has 2 N–H and O–H groups in total. The minimum Gasteiger partial charge on any atom is -0.398 e. The van der Waals surface area contributed by atoms with Crippen molar-refractivity contribution in [2.24, 2.45) is 0 Å². The Morgan fingerprint density at radius 3 is 2.50 bits per heavy atom. The first kappa shape index (κ1) is 11.1. The summed E-state index contributed by atoms with van der Waals surface area (Å²) in [5.74, 6) is -0.218. The summed E-state index contributed by atoms with van der Waals surface area (Å²) in [7, 11) is 0. The number of nitrogens with two attached hydrogens (primary N) is 1. The lowest BCUT2D eigenvalue weighted by molar-refractivity contribution is 0.101. The van der Waals surface area contributed by atoms with Gasteiger partial charge in [-0.1, -0.05) is 15.9 Å². The molecule has 1 rings (SSSR count). The van der Waals surface area contributed by atoms with E-state index >= 15 is 0 Å². The number of hydrogen-bond donors (Lipinski definition) is 1. The van der Waals surface area contributed by atoms with Gasteiger partial charge < -0.3 is 5.73 Å². The first-order valence-corrected chi connectivity index (χ1v) is 4.60. The smallest absolute Gasteiger partial charge is 0.265 e. The van der Waals surface area contributed by atoms with Gasteiger partial charge in [0.25, 0.3) is 6.43 Å². The van der Waals surface area contributed by atoms with Gasteiger partial charge in [-0.3, -0.25) is 4.79 Å². The quantitative estimate of drug-likeness (QED) is 0.658. The SMILES string of the molecule is CC(=O)c1cc(N)c(C(F)F)cc1Br. The van der Waals surface area contributed by atoms with Crippen LogP contribution in [-0.2, 0) is 0 Å². The molecule has 0 saturated heterocycles. The first-order chi connectivity index (χ1) is 6.43. The molecule has 0 aromatic heterocycles. The summed E-state index contributed by atoms with van der Waals surface area (Å²) in [4.78, 5) is 11.0. The highest BCUT2D eigenvalue weighted by Crippen LogP contribution is 2.30. The Bertz CT molecular complexity index is 379. The van der Waals surface area contributed by atoms with Crippen LogP contribution in [0.4, 0.5) is 14.5 Å². The normalized spacial score (nSPS) is 10.6. The Morgan fingerprint density at radius 2 is 2.07 bits per heavy atom. The van der Waals surface area contributed by atoms with Crippen LogP contribution in [0.1, 0.15) is 29.3 Å². The topological polar surface area (TPSA) is 43.1 Å². The lowest BCUT2D eigenvalue weighted by Gasteiger charge is -2.08. The number of ketones is 1. The third-order valence-electron chi connectivity index (χ3n) is 1.79. The average Bonchev–Trinajstić information content (AvgIpc) is 2.07. The van der Waals surface area contributed by atoms with Crippen molar-refractivity contribution in [3.8, 4) is 0 Å². The van der Waals surface area contributed by atoms with E-state index in [2.05, 4.69) is 15.9 Å². The van der Waals surface area contributed by atoms with Crippen molar-refractivity contribution in [2.45, 2.75) is 13.3 Å². The van der Waals surface area contributed by atoms with Gasteiger partial charge >= 0.3 is 0 Å². The van der Waals surface area contributed by atoms with Crippen LogP contribution in [0.25, 0.3) is 0 Å². The first-order valence-electron chi connectivity index (χ1n) is 3.81. The predicted octanol–water partition coefficient (Wildman–Crippen LogP) is 3.17. The summed E-state index contributed by atoms with van der Waals surface area (Å²) in [6, 6.07) is 2.44. The van der Waals surface area contributed by atoms with E-state index in [9.17, 15) is 13.6 Å². The Balaban J connectivity index is 3.31. The van der Waals surface area contributed by atoms with Crippen molar-refractivity contribution in [1.82, 2.24) is 0 Å². The van der Waals surface area contributed by atoms with Crippen molar-refractivity contribution < 1.29 is 13.6 Å². The van der Waals surface area contributed by atoms with Crippen LogP contribution in [0.2, 0.25) is 0 Å². The molecule has 1 aromatic carbocycles. The molecule has 5 heteroatoms. The molecule has 0 saturated carbocycles. The number of hydrogen-bond acceptors (Lipinski definition) is 2. The second kappa shape index (κ2) is 4.04. The van der Waals surface area contributed by atoms with Gasteiger partial charge in [0.2, 0.25) is 0 Å². The van der Waals surface area contributed by atoms with Crippen LogP contribution in [-0.4, -0.2) is 5.78 Å². The molecule has 0 unspecified atom stereocenters. The Labute approximate surface area is 88.2 Å². The minimum absolute atomic E-state index is 0.0617. The summed E-state index contributed by atoms with van der Waals surface area (Å²) in [6.45, 7) is 1.35. The number of carbonyl (C=O) groups excluding carboxylic acids is 1. The number of nitrogen functional groups attached to an aromatic ring is 1. The highest BCUT2D eigenvalue weighted by molar-refractivity contribution is 9.10. The molecule has 0 fully saturated rings. The van der Waals surface area contributed by atoms with Gasteiger partial charge in [0.1, 0.15) is 0 Å². The zero-order valence-corrected chi connectivity index (χ0v) is 8.94. The van der Waals surface area contributed by atoms with Crippen molar-refractivity contribution in [3.05, 3.63) is 27.7 Å². The zero-order chi connectivity index (χ0) is 10.9. The fourth-order valence-corrected chi connectivity index (χ4v) is 1.70. The lowest BCUT2D eigenvalue weighted by Crippen LogP contribution is -2.01. The maximum Gasteiger partial charge on any atom is 0.265 e. The van der Waals surface area contributed by atoms with E-state index in [1.807, 2.05) is 0 Å². The number of halogens is 3. The van der Waals surface area contributed by atoms with Crippen LogP contribution in [0.15, 0.2) is 16.6 Å². The van der Waals surface area contributed by atoms with Gasteiger partial charge in [0.15, 0.2) is 5.78 Å². The third-order valence-corrected chi connectivity index (χ3v) is 2.44. The Morgan fingerprint density at radius 1 is 1.50 bits per heavy atom. The molecule has 0 aliphatic carbocycles. The standard InChI is InChI=1S/C9H8BrF2NO/c1-4(14)5-3-8(13)6(9(11)12)2-7(5)10/h2-3,9H,13H2,1H3. The highest BCUT2D eigenvalue weighted by Gasteiger charge is 2.15.